The SMILES string of the molecule is C=CC[C@@H]1CC(O)CN1. The lowest BCUT2D eigenvalue weighted by Crippen LogP contribution is -2.20. The molecule has 1 unspecified atom stereocenters. The molecule has 0 aromatic heterocycles. The summed E-state index contributed by atoms with van der Waals surface area (Å²) in [7, 11) is 0. The molecule has 1 aliphatic rings. The van der Waals surface area contributed by atoms with Crippen molar-refractivity contribution in [2.45, 2.75) is 25.0 Å². The van der Waals surface area contributed by atoms with Gasteiger partial charge in [0.1, 0.15) is 0 Å². The molecule has 2 nitrogen and oxygen atoms in total. The molecule has 1 aliphatic heterocycles. The van der Waals surface area contributed by atoms with Crippen molar-refractivity contribution < 1.29 is 5.11 Å². The quantitative estimate of drug-likeness (QED) is 0.522. The van der Waals surface area contributed by atoms with E-state index in [4.69, 9.17) is 5.11 Å². The van der Waals surface area contributed by atoms with Crippen LogP contribution >= 0.6 is 0 Å². The molecule has 9 heavy (non-hydrogen) atoms. The van der Waals surface area contributed by atoms with Crippen LogP contribution < -0.4 is 5.32 Å². The molecule has 0 aliphatic carbocycles. The van der Waals surface area contributed by atoms with Gasteiger partial charge in [-0.2, -0.15) is 0 Å². The van der Waals surface area contributed by atoms with Crippen LogP contribution in [0.25, 0.3) is 0 Å². The van der Waals surface area contributed by atoms with Crippen molar-refractivity contribution in [1.82, 2.24) is 5.32 Å². The summed E-state index contributed by atoms with van der Waals surface area (Å²) in [6.45, 7) is 4.38. The Kier molecular flexibility index (Phi) is 2.25. The molecule has 1 heterocycles. The number of hydrogen-bond donors (Lipinski definition) is 2. The van der Waals surface area contributed by atoms with Crippen LogP contribution in [0, 0.1) is 0 Å². The maximum atomic E-state index is 9.03. The van der Waals surface area contributed by atoms with Crippen molar-refractivity contribution in [3.05, 3.63) is 12.7 Å². The molecular formula is C7H13NO. The molecule has 1 fully saturated rings. The highest BCUT2D eigenvalue weighted by molar-refractivity contribution is 4.86. The van der Waals surface area contributed by atoms with Crippen molar-refractivity contribution in [2.24, 2.45) is 0 Å². The second kappa shape index (κ2) is 2.99. The molecule has 0 aromatic carbocycles. The minimum atomic E-state index is -0.130. The summed E-state index contributed by atoms with van der Waals surface area (Å²) in [4.78, 5) is 0. The van der Waals surface area contributed by atoms with Crippen LogP contribution in [0.3, 0.4) is 0 Å². The highest BCUT2D eigenvalue weighted by atomic mass is 16.3. The number of β-amino-alcohol motifs (C(OH)–C–C–N with tert-alkyl or cyclic N) is 1. The lowest BCUT2D eigenvalue weighted by Gasteiger charge is -2.03. The Hall–Kier alpha value is -0.340. The van der Waals surface area contributed by atoms with Crippen molar-refractivity contribution in [3.63, 3.8) is 0 Å². The van der Waals surface area contributed by atoms with E-state index in [1.54, 1.807) is 0 Å². The third-order valence-corrected chi connectivity index (χ3v) is 1.65. The third kappa shape index (κ3) is 1.80. The molecule has 0 spiro atoms. The Bertz CT molecular complexity index is 103. The van der Waals surface area contributed by atoms with Gasteiger partial charge in [-0.3, -0.25) is 0 Å². The molecule has 0 aromatic rings. The largest absolute Gasteiger partial charge is 0.392 e. The Balaban J connectivity index is 2.21. The number of nitrogens with one attached hydrogen (secondary N) is 1. The number of rotatable bonds is 2. The van der Waals surface area contributed by atoms with E-state index in [0.29, 0.717) is 6.04 Å². The molecule has 0 bridgehead atoms. The van der Waals surface area contributed by atoms with Gasteiger partial charge in [0.15, 0.2) is 0 Å². The Labute approximate surface area is 55.6 Å². The van der Waals surface area contributed by atoms with Gasteiger partial charge in [0, 0.05) is 12.6 Å². The molecule has 2 N–H and O–H groups in total. The molecule has 52 valence electrons. The number of hydrogen-bond acceptors (Lipinski definition) is 2. The van der Waals surface area contributed by atoms with Gasteiger partial charge in [0.05, 0.1) is 6.10 Å². The van der Waals surface area contributed by atoms with Crippen LogP contribution in [0.1, 0.15) is 12.8 Å². The topological polar surface area (TPSA) is 32.3 Å². The van der Waals surface area contributed by atoms with Crippen molar-refractivity contribution in [2.75, 3.05) is 6.54 Å². The summed E-state index contributed by atoms with van der Waals surface area (Å²) in [6, 6.07) is 0.470. The fourth-order valence-corrected chi connectivity index (χ4v) is 1.18. The minimum Gasteiger partial charge on any atom is -0.392 e. The van der Waals surface area contributed by atoms with Crippen LogP contribution in [-0.2, 0) is 0 Å². The average Bonchev–Trinajstić information content (AvgIpc) is 2.17. The van der Waals surface area contributed by atoms with Crippen LogP contribution in [0.4, 0.5) is 0 Å². The highest BCUT2D eigenvalue weighted by Gasteiger charge is 2.19. The van der Waals surface area contributed by atoms with Gasteiger partial charge in [-0.05, 0) is 12.8 Å². The van der Waals surface area contributed by atoms with Crippen LogP contribution in [0.5, 0.6) is 0 Å². The lowest BCUT2D eigenvalue weighted by atomic mass is 10.1. The maximum Gasteiger partial charge on any atom is 0.0679 e. The molecule has 1 saturated heterocycles. The summed E-state index contributed by atoms with van der Waals surface area (Å²) in [5, 5.41) is 12.2. The van der Waals surface area contributed by atoms with E-state index < -0.39 is 0 Å². The van der Waals surface area contributed by atoms with Crippen molar-refractivity contribution in [3.8, 4) is 0 Å². The minimum absolute atomic E-state index is 0.130. The first-order valence-corrected chi connectivity index (χ1v) is 3.35. The summed E-state index contributed by atoms with van der Waals surface area (Å²) >= 11 is 0. The van der Waals surface area contributed by atoms with Gasteiger partial charge in [-0.15, -0.1) is 6.58 Å². The molecule has 0 amide bonds. The first kappa shape index (κ1) is 6.78. The van der Waals surface area contributed by atoms with Crippen molar-refractivity contribution >= 4 is 0 Å². The first-order chi connectivity index (χ1) is 4.33. The van der Waals surface area contributed by atoms with Gasteiger partial charge in [0.25, 0.3) is 0 Å². The van der Waals surface area contributed by atoms with E-state index in [2.05, 4.69) is 11.9 Å². The molecule has 1 rings (SSSR count). The fraction of sp³-hybridized carbons (Fsp3) is 0.714. The van der Waals surface area contributed by atoms with Crippen LogP contribution in [0.15, 0.2) is 12.7 Å². The van der Waals surface area contributed by atoms with E-state index in [-0.39, 0.29) is 6.10 Å². The average molecular weight is 127 g/mol. The predicted octanol–water partition coefficient (Wildman–Crippen LogP) is 0.285. The van der Waals surface area contributed by atoms with Gasteiger partial charge in [-0.25, -0.2) is 0 Å². The third-order valence-electron chi connectivity index (χ3n) is 1.65. The fourth-order valence-electron chi connectivity index (χ4n) is 1.18. The van der Waals surface area contributed by atoms with E-state index in [1.165, 1.54) is 0 Å². The van der Waals surface area contributed by atoms with Gasteiger partial charge in [0.2, 0.25) is 0 Å². The molecule has 2 atom stereocenters. The second-order valence-corrected chi connectivity index (χ2v) is 2.52. The zero-order valence-electron chi connectivity index (χ0n) is 5.51. The summed E-state index contributed by atoms with van der Waals surface area (Å²) in [5.74, 6) is 0. The molecule has 2 heteroatoms. The predicted molar refractivity (Wildman–Crippen MR) is 37.2 cm³/mol. The van der Waals surface area contributed by atoms with Crippen LogP contribution in [-0.4, -0.2) is 23.8 Å². The summed E-state index contributed by atoms with van der Waals surface area (Å²) in [5.41, 5.74) is 0. The van der Waals surface area contributed by atoms with E-state index >= 15 is 0 Å². The van der Waals surface area contributed by atoms with E-state index in [9.17, 15) is 0 Å². The summed E-state index contributed by atoms with van der Waals surface area (Å²) in [6.07, 6.45) is 3.61. The van der Waals surface area contributed by atoms with Crippen LogP contribution in [0.2, 0.25) is 0 Å². The van der Waals surface area contributed by atoms with Crippen molar-refractivity contribution in [1.29, 1.82) is 0 Å². The van der Waals surface area contributed by atoms with Gasteiger partial charge in [-0.1, -0.05) is 6.08 Å². The monoisotopic (exact) mass is 127 g/mol. The smallest absolute Gasteiger partial charge is 0.0679 e. The lowest BCUT2D eigenvalue weighted by molar-refractivity contribution is 0.193. The standard InChI is InChI=1S/C7H13NO/c1-2-3-6-4-7(9)5-8-6/h2,6-9H,1,3-5H2/t6-,7?/m1/s1. The van der Waals surface area contributed by atoms with Gasteiger partial charge >= 0.3 is 0 Å². The zero-order valence-corrected chi connectivity index (χ0v) is 5.51. The normalized spacial score (nSPS) is 34.8. The second-order valence-electron chi connectivity index (χ2n) is 2.52. The Morgan fingerprint density at radius 3 is 3.00 bits per heavy atom. The molecule has 0 saturated carbocycles. The number of aliphatic hydroxyl groups is 1. The summed E-state index contributed by atoms with van der Waals surface area (Å²) < 4.78 is 0. The van der Waals surface area contributed by atoms with Gasteiger partial charge < -0.3 is 10.4 Å². The number of aliphatic hydroxyl groups excluding tert-OH is 1. The Morgan fingerprint density at radius 2 is 2.56 bits per heavy atom. The Morgan fingerprint density at radius 1 is 1.78 bits per heavy atom. The zero-order chi connectivity index (χ0) is 6.69. The first-order valence-electron chi connectivity index (χ1n) is 3.35. The molecule has 0 radical (unpaired) electrons. The van der Waals surface area contributed by atoms with E-state index in [1.807, 2.05) is 6.08 Å². The maximum absolute atomic E-state index is 9.03. The molecular weight excluding hydrogens is 114 g/mol. The van der Waals surface area contributed by atoms with E-state index in [0.717, 1.165) is 19.4 Å². The highest BCUT2D eigenvalue weighted by Crippen LogP contribution is 2.09.